The lowest BCUT2D eigenvalue weighted by Gasteiger charge is -2.32. The molecule has 0 saturated heterocycles. The standard InChI is InChI=1S/C14H29NO/c1-3-9-16-10-8-14(15)13-7-5-6-12(4-2)11-13/h12-14H,3-11,15H2,1-2H3. The number of hydrogen-bond acceptors (Lipinski definition) is 2. The highest BCUT2D eigenvalue weighted by Gasteiger charge is 2.25. The molecule has 96 valence electrons. The van der Waals surface area contributed by atoms with Crippen molar-refractivity contribution in [3.63, 3.8) is 0 Å². The van der Waals surface area contributed by atoms with Gasteiger partial charge in [-0.3, -0.25) is 0 Å². The van der Waals surface area contributed by atoms with Crippen molar-refractivity contribution in [1.29, 1.82) is 0 Å². The molecule has 3 atom stereocenters. The van der Waals surface area contributed by atoms with Crippen molar-refractivity contribution in [2.45, 2.75) is 64.8 Å². The quantitative estimate of drug-likeness (QED) is 0.677. The zero-order valence-corrected chi connectivity index (χ0v) is 11.1. The molecule has 0 amide bonds. The number of hydrogen-bond donors (Lipinski definition) is 1. The molecule has 1 fully saturated rings. The van der Waals surface area contributed by atoms with Crippen LogP contribution in [0.5, 0.6) is 0 Å². The first-order chi connectivity index (χ1) is 7.77. The first-order valence-corrected chi connectivity index (χ1v) is 7.11. The first-order valence-electron chi connectivity index (χ1n) is 7.11. The second-order valence-electron chi connectivity index (χ2n) is 5.27. The summed E-state index contributed by atoms with van der Waals surface area (Å²) >= 11 is 0. The lowest BCUT2D eigenvalue weighted by atomic mass is 9.76. The van der Waals surface area contributed by atoms with Crippen molar-refractivity contribution in [2.75, 3.05) is 13.2 Å². The maximum Gasteiger partial charge on any atom is 0.0480 e. The third-order valence-electron chi connectivity index (χ3n) is 3.95. The lowest BCUT2D eigenvalue weighted by Crippen LogP contribution is -2.34. The third-order valence-corrected chi connectivity index (χ3v) is 3.95. The van der Waals surface area contributed by atoms with Crippen molar-refractivity contribution in [1.82, 2.24) is 0 Å². The van der Waals surface area contributed by atoms with E-state index in [9.17, 15) is 0 Å². The highest BCUT2D eigenvalue weighted by Crippen LogP contribution is 2.32. The smallest absolute Gasteiger partial charge is 0.0480 e. The Morgan fingerprint density at radius 3 is 2.75 bits per heavy atom. The molecule has 2 heteroatoms. The highest BCUT2D eigenvalue weighted by molar-refractivity contribution is 4.80. The molecule has 1 saturated carbocycles. The van der Waals surface area contributed by atoms with E-state index in [1.165, 1.54) is 32.1 Å². The molecule has 0 spiro atoms. The van der Waals surface area contributed by atoms with Gasteiger partial charge < -0.3 is 10.5 Å². The van der Waals surface area contributed by atoms with Gasteiger partial charge in [-0.25, -0.2) is 0 Å². The van der Waals surface area contributed by atoms with Crippen LogP contribution in [0.25, 0.3) is 0 Å². The Balaban J connectivity index is 2.16. The van der Waals surface area contributed by atoms with Gasteiger partial charge in [-0.2, -0.15) is 0 Å². The third kappa shape index (κ3) is 4.84. The van der Waals surface area contributed by atoms with Gasteiger partial charge in [-0.05, 0) is 37.5 Å². The summed E-state index contributed by atoms with van der Waals surface area (Å²) in [6.07, 6.45) is 8.98. The van der Waals surface area contributed by atoms with Crippen LogP contribution < -0.4 is 5.73 Å². The molecule has 1 rings (SSSR count). The summed E-state index contributed by atoms with van der Waals surface area (Å²) < 4.78 is 5.52. The predicted molar refractivity (Wildman–Crippen MR) is 69.4 cm³/mol. The molecule has 3 unspecified atom stereocenters. The zero-order chi connectivity index (χ0) is 11.8. The van der Waals surface area contributed by atoms with E-state index in [1.54, 1.807) is 0 Å². The van der Waals surface area contributed by atoms with Crippen molar-refractivity contribution in [3.05, 3.63) is 0 Å². The van der Waals surface area contributed by atoms with Crippen LogP contribution in [-0.2, 0) is 4.74 Å². The Morgan fingerprint density at radius 2 is 2.06 bits per heavy atom. The van der Waals surface area contributed by atoms with Gasteiger partial charge in [0.1, 0.15) is 0 Å². The molecule has 2 N–H and O–H groups in total. The van der Waals surface area contributed by atoms with Gasteiger partial charge >= 0.3 is 0 Å². The Hall–Kier alpha value is -0.0800. The van der Waals surface area contributed by atoms with Gasteiger partial charge in [0.15, 0.2) is 0 Å². The Kier molecular flexibility index (Phi) is 7.06. The molecule has 1 aliphatic rings. The Morgan fingerprint density at radius 1 is 1.25 bits per heavy atom. The van der Waals surface area contributed by atoms with Gasteiger partial charge in [0.2, 0.25) is 0 Å². The topological polar surface area (TPSA) is 35.2 Å². The van der Waals surface area contributed by atoms with Gasteiger partial charge in [-0.1, -0.05) is 33.1 Å². The molecule has 0 heterocycles. The van der Waals surface area contributed by atoms with Crippen LogP contribution in [0.1, 0.15) is 58.8 Å². The van der Waals surface area contributed by atoms with Crippen LogP contribution in [0.4, 0.5) is 0 Å². The van der Waals surface area contributed by atoms with E-state index in [4.69, 9.17) is 10.5 Å². The molecule has 0 aromatic rings. The Labute approximate surface area is 101 Å². The van der Waals surface area contributed by atoms with Crippen LogP contribution in [-0.4, -0.2) is 19.3 Å². The summed E-state index contributed by atoms with van der Waals surface area (Å²) in [7, 11) is 0. The predicted octanol–water partition coefficient (Wildman–Crippen LogP) is 3.35. The van der Waals surface area contributed by atoms with Gasteiger partial charge in [0.05, 0.1) is 0 Å². The fourth-order valence-electron chi connectivity index (χ4n) is 2.79. The minimum absolute atomic E-state index is 0.367. The minimum atomic E-state index is 0.367. The SMILES string of the molecule is CCCOCCC(N)C1CCCC(CC)C1. The molecular formula is C14H29NO. The number of ether oxygens (including phenoxy) is 1. The molecule has 0 radical (unpaired) electrons. The second-order valence-corrected chi connectivity index (χ2v) is 5.27. The van der Waals surface area contributed by atoms with Crippen molar-refractivity contribution >= 4 is 0 Å². The van der Waals surface area contributed by atoms with Crippen molar-refractivity contribution in [2.24, 2.45) is 17.6 Å². The maximum atomic E-state index is 6.27. The summed E-state index contributed by atoms with van der Waals surface area (Å²) in [5.41, 5.74) is 6.27. The second kappa shape index (κ2) is 8.08. The van der Waals surface area contributed by atoms with E-state index in [2.05, 4.69) is 13.8 Å². The molecule has 16 heavy (non-hydrogen) atoms. The van der Waals surface area contributed by atoms with Gasteiger partial charge in [0.25, 0.3) is 0 Å². The summed E-state index contributed by atoms with van der Waals surface area (Å²) in [5.74, 6) is 1.69. The summed E-state index contributed by atoms with van der Waals surface area (Å²) in [4.78, 5) is 0. The molecule has 0 bridgehead atoms. The average molecular weight is 227 g/mol. The van der Waals surface area contributed by atoms with E-state index in [0.717, 1.165) is 37.9 Å². The average Bonchev–Trinajstić information content (AvgIpc) is 2.34. The van der Waals surface area contributed by atoms with Gasteiger partial charge in [0, 0.05) is 19.3 Å². The maximum absolute atomic E-state index is 6.27. The van der Waals surface area contributed by atoms with Crippen LogP contribution in [0.3, 0.4) is 0 Å². The lowest BCUT2D eigenvalue weighted by molar-refractivity contribution is 0.115. The number of nitrogens with two attached hydrogens (primary N) is 1. The summed E-state index contributed by atoms with van der Waals surface area (Å²) in [6, 6.07) is 0.367. The molecule has 2 nitrogen and oxygen atoms in total. The normalized spacial score (nSPS) is 27.9. The first kappa shape index (κ1) is 14.0. The van der Waals surface area contributed by atoms with E-state index in [-0.39, 0.29) is 0 Å². The Bertz CT molecular complexity index is 172. The summed E-state index contributed by atoms with van der Waals surface area (Å²) in [6.45, 7) is 6.19. The van der Waals surface area contributed by atoms with Crippen molar-refractivity contribution in [3.8, 4) is 0 Å². The fourth-order valence-corrected chi connectivity index (χ4v) is 2.79. The van der Waals surface area contributed by atoms with E-state index in [0.29, 0.717) is 6.04 Å². The summed E-state index contributed by atoms with van der Waals surface area (Å²) in [5, 5.41) is 0. The minimum Gasteiger partial charge on any atom is -0.381 e. The molecule has 1 aliphatic carbocycles. The molecular weight excluding hydrogens is 198 g/mol. The largest absolute Gasteiger partial charge is 0.381 e. The van der Waals surface area contributed by atoms with Crippen LogP contribution in [0, 0.1) is 11.8 Å². The van der Waals surface area contributed by atoms with Crippen LogP contribution in [0.2, 0.25) is 0 Å². The van der Waals surface area contributed by atoms with Crippen molar-refractivity contribution < 1.29 is 4.74 Å². The number of rotatable bonds is 7. The van der Waals surface area contributed by atoms with Gasteiger partial charge in [-0.15, -0.1) is 0 Å². The van der Waals surface area contributed by atoms with E-state index in [1.807, 2.05) is 0 Å². The van der Waals surface area contributed by atoms with Crippen LogP contribution in [0.15, 0.2) is 0 Å². The van der Waals surface area contributed by atoms with E-state index < -0.39 is 0 Å². The molecule has 0 aromatic carbocycles. The molecule has 0 aromatic heterocycles. The van der Waals surface area contributed by atoms with E-state index >= 15 is 0 Å². The fraction of sp³-hybridized carbons (Fsp3) is 1.00. The zero-order valence-electron chi connectivity index (χ0n) is 11.1. The van der Waals surface area contributed by atoms with Crippen LogP contribution >= 0.6 is 0 Å². The molecule has 0 aliphatic heterocycles. The highest BCUT2D eigenvalue weighted by atomic mass is 16.5. The monoisotopic (exact) mass is 227 g/mol.